The van der Waals surface area contributed by atoms with E-state index in [1.807, 2.05) is 6.92 Å². The molecule has 0 aliphatic heterocycles. The standard InChI is InChI=1S/C15H25NOSi/c1-9-10-11-14(12(2)16)13(3)17-18(7,8)15(4,5)6/h9H,1-2,16H2,3-8H3/b14-13-. The van der Waals surface area contributed by atoms with Crippen molar-refractivity contribution in [2.24, 2.45) is 5.73 Å². The summed E-state index contributed by atoms with van der Waals surface area (Å²) in [7, 11) is -1.86. The molecule has 0 heterocycles. The van der Waals surface area contributed by atoms with E-state index in [-0.39, 0.29) is 5.04 Å². The summed E-state index contributed by atoms with van der Waals surface area (Å²) in [4.78, 5) is 0. The first-order chi connectivity index (χ1) is 8.03. The van der Waals surface area contributed by atoms with Gasteiger partial charge in [-0.15, -0.1) is 0 Å². The lowest BCUT2D eigenvalue weighted by Gasteiger charge is -2.37. The lowest BCUT2D eigenvalue weighted by molar-refractivity contribution is 0.383. The van der Waals surface area contributed by atoms with Gasteiger partial charge in [0, 0.05) is 5.70 Å². The number of nitrogens with two attached hydrogens (primary N) is 1. The zero-order valence-electron chi connectivity index (χ0n) is 12.5. The van der Waals surface area contributed by atoms with Gasteiger partial charge in [-0.25, -0.2) is 0 Å². The van der Waals surface area contributed by atoms with Crippen molar-refractivity contribution in [3.63, 3.8) is 0 Å². The summed E-state index contributed by atoms with van der Waals surface area (Å²) >= 11 is 0. The van der Waals surface area contributed by atoms with Gasteiger partial charge in [-0.2, -0.15) is 0 Å². The van der Waals surface area contributed by atoms with Crippen LogP contribution in [0.2, 0.25) is 18.1 Å². The molecule has 0 unspecified atom stereocenters. The quantitative estimate of drug-likeness (QED) is 0.362. The lowest BCUT2D eigenvalue weighted by atomic mass is 10.2. The molecule has 0 aromatic rings. The molecule has 3 heteroatoms. The van der Waals surface area contributed by atoms with Crippen molar-refractivity contribution in [3.05, 3.63) is 36.3 Å². The minimum atomic E-state index is -1.86. The molecule has 0 aromatic heterocycles. The molecule has 100 valence electrons. The molecular formula is C15H25NOSi. The minimum Gasteiger partial charge on any atom is -0.546 e. The average Bonchev–Trinajstić information content (AvgIpc) is 2.14. The molecule has 0 saturated carbocycles. The first-order valence-corrected chi connectivity index (χ1v) is 8.91. The minimum absolute atomic E-state index is 0.140. The summed E-state index contributed by atoms with van der Waals surface area (Å²) in [6.07, 6.45) is 1.53. The molecule has 0 aromatic carbocycles. The molecule has 2 N–H and O–H groups in total. The molecule has 0 aliphatic carbocycles. The van der Waals surface area contributed by atoms with Crippen LogP contribution in [-0.4, -0.2) is 8.32 Å². The molecule has 0 rings (SSSR count). The Morgan fingerprint density at radius 3 is 2.17 bits per heavy atom. The fraction of sp³-hybridized carbons (Fsp3) is 0.467. The van der Waals surface area contributed by atoms with E-state index in [4.69, 9.17) is 10.2 Å². The van der Waals surface area contributed by atoms with Crippen LogP contribution in [0.1, 0.15) is 27.7 Å². The Hall–Kier alpha value is -1.40. The van der Waals surface area contributed by atoms with Crippen molar-refractivity contribution >= 4 is 8.32 Å². The Morgan fingerprint density at radius 2 is 1.83 bits per heavy atom. The van der Waals surface area contributed by atoms with Gasteiger partial charge in [0.25, 0.3) is 0 Å². The third-order valence-corrected chi connectivity index (χ3v) is 7.62. The maximum absolute atomic E-state index is 6.16. The second-order valence-corrected chi connectivity index (χ2v) is 10.5. The number of hydrogen-bond donors (Lipinski definition) is 1. The van der Waals surface area contributed by atoms with Crippen molar-refractivity contribution in [2.75, 3.05) is 0 Å². The van der Waals surface area contributed by atoms with Gasteiger partial charge < -0.3 is 10.2 Å². The van der Waals surface area contributed by atoms with Crippen LogP contribution in [0.15, 0.2) is 36.3 Å². The average molecular weight is 263 g/mol. The zero-order chi connectivity index (χ0) is 14.6. The zero-order valence-corrected chi connectivity index (χ0v) is 13.5. The highest BCUT2D eigenvalue weighted by atomic mass is 28.4. The Morgan fingerprint density at radius 1 is 1.33 bits per heavy atom. The molecule has 0 amide bonds. The molecule has 0 bridgehead atoms. The van der Waals surface area contributed by atoms with Crippen molar-refractivity contribution < 1.29 is 4.43 Å². The first-order valence-electron chi connectivity index (χ1n) is 6.00. The predicted octanol–water partition coefficient (Wildman–Crippen LogP) is 3.94. The second-order valence-electron chi connectivity index (χ2n) is 5.79. The Balaban J connectivity index is 5.40. The van der Waals surface area contributed by atoms with E-state index >= 15 is 0 Å². The summed E-state index contributed by atoms with van der Waals surface area (Å²) < 4.78 is 6.16. The van der Waals surface area contributed by atoms with Gasteiger partial charge in [0.05, 0.1) is 11.3 Å². The molecule has 0 fully saturated rings. The van der Waals surface area contributed by atoms with Gasteiger partial charge in [-0.1, -0.05) is 45.8 Å². The van der Waals surface area contributed by atoms with Crippen LogP contribution < -0.4 is 5.73 Å². The van der Waals surface area contributed by atoms with Crippen molar-refractivity contribution in [1.29, 1.82) is 0 Å². The molecule has 0 spiro atoms. The van der Waals surface area contributed by atoms with Gasteiger partial charge in [0.15, 0.2) is 0 Å². The highest BCUT2D eigenvalue weighted by Gasteiger charge is 2.39. The summed E-state index contributed by atoms with van der Waals surface area (Å²) in [5, 5.41) is 0.140. The number of allylic oxidation sites excluding steroid dienone is 3. The van der Waals surface area contributed by atoms with Crippen molar-refractivity contribution in [1.82, 2.24) is 0 Å². The van der Waals surface area contributed by atoms with Crippen LogP contribution in [0.25, 0.3) is 0 Å². The normalized spacial score (nSPS) is 13.0. The summed E-state index contributed by atoms with van der Waals surface area (Å²) in [5.74, 6) is 6.47. The molecule has 18 heavy (non-hydrogen) atoms. The smallest absolute Gasteiger partial charge is 0.250 e. The molecule has 0 radical (unpaired) electrons. The highest BCUT2D eigenvalue weighted by Crippen LogP contribution is 2.38. The Labute approximate surface area is 113 Å². The molecule has 2 nitrogen and oxygen atoms in total. The van der Waals surface area contributed by atoms with E-state index in [9.17, 15) is 0 Å². The van der Waals surface area contributed by atoms with Crippen LogP contribution in [0, 0.1) is 11.8 Å². The van der Waals surface area contributed by atoms with Crippen LogP contribution in [0.4, 0.5) is 0 Å². The third kappa shape index (κ3) is 4.46. The summed E-state index contributed by atoms with van der Waals surface area (Å²) in [5.41, 5.74) is 6.85. The van der Waals surface area contributed by atoms with E-state index in [0.29, 0.717) is 11.3 Å². The molecule has 0 aliphatic rings. The number of rotatable bonds is 3. The molecule has 0 saturated heterocycles. The Bertz CT molecular complexity index is 428. The van der Waals surface area contributed by atoms with E-state index in [2.05, 4.69) is 58.9 Å². The monoisotopic (exact) mass is 263 g/mol. The van der Waals surface area contributed by atoms with Gasteiger partial charge in [-0.05, 0) is 31.1 Å². The Kier molecular flexibility index (Phi) is 5.50. The summed E-state index contributed by atoms with van der Waals surface area (Å²) in [6.45, 7) is 20.2. The SMILES string of the molecule is C=CC#C/C(C(=C)N)=C(\C)O[Si](C)(C)C(C)(C)C. The van der Waals surface area contributed by atoms with Gasteiger partial charge in [0.1, 0.15) is 0 Å². The second kappa shape index (κ2) is 5.97. The van der Waals surface area contributed by atoms with E-state index in [0.717, 1.165) is 5.76 Å². The third-order valence-electron chi connectivity index (χ3n) is 3.19. The summed E-state index contributed by atoms with van der Waals surface area (Å²) in [6, 6.07) is 0. The van der Waals surface area contributed by atoms with Gasteiger partial charge in [-0.3, -0.25) is 0 Å². The lowest BCUT2D eigenvalue weighted by Crippen LogP contribution is -2.40. The van der Waals surface area contributed by atoms with E-state index < -0.39 is 8.32 Å². The highest BCUT2D eigenvalue weighted by molar-refractivity contribution is 6.74. The van der Waals surface area contributed by atoms with Crippen molar-refractivity contribution in [3.8, 4) is 11.8 Å². The van der Waals surface area contributed by atoms with Crippen LogP contribution in [0.5, 0.6) is 0 Å². The molecule has 0 atom stereocenters. The topological polar surface area (TPSA) is 35.2 Å². The first kappa shape index (κ1) is 16.6. The largest absolute Gasteiger partial charge is 0.546 e. The van der Waals surface area contributed by atoms with Crippen LogP contribution >= 0.6 is 0 Å². The van der Waals surface area contributed by atoms with Gasteiger partial charge >= 0.3 is 0 Å². The maximum atomic E-state index is 6.16. The predicted molar refractivity (Wildman–Crippen MR) is 82.3 cm³/mol. The number of hydrogen-bond acceptors (Lipinski definition) is 2. The van der Waals surface area contributed by atoms with Crippen molar-refractivity contribution in [2.45, 2.75) is 45.8 Å². The van der Waals surface area contributed by atoms with Gasteiger partial charge in [0.2, 0.25) is 8.32 Å². The van der Waals surface area contributed by atoms with E-state index in [1.165, 1.54) is 6.08 Å². The van der Waals surface area contributed by atoms with Crippen LogP contribution in [0.3, 0.4) is 0 Å². The fourth-order valence-corrected chi connectivity index (χ4v) is 2.28. The van der Waals surface area contributed by atoms with Crippen LogP contribution in [-0.2, 0) is 4.43 Å². The fourth-order valence-electron chi connectivity index (χ4n) is 1.10. The molecular weight excluding hydrogens is 238 g/mol. The van der Waals surface area contributed by atoms with E-state index in [1.54, 1.807) is 0 Å². The maximum Gasteiger partial charge on any atom is 0.250 e.